The molecule has 1 aromatic rings. The molecular weight excluding hydrogens is 538 g/mol. The van der Waals surface area contributed by atoms with Crippen LogP contribution in [0.15, 0.2) is 24.5 Å². The summed E-state index contributed by atoms with van der Waals surface area (Å²) in [6, 6.07) is 5.14. The van der Waals surface area contributed by atoms with E-state index in [2.05, 4.69) is 36.0 Å². The minimum Gasteiger partial charge on any atom is -0.421 e. The van der Waals surface area contributed by atoms with Crippen LogP contribution in [0.2, 0.25) is 6.04 Å². The van der Waals surface area contributed by atoms with Crippen molar-refractivity contribution in [1.29, 1.82) is 0 Å². The van der Waals surface area contributed by atoms with Crippen molar-refractivity contribution in [3.8, 4) is 0 Å². The minimum absolute atomic E-state index is 0.778. The lowest BCUT2D eigenvalue weighted by atomic mass is 10.2. The molecule has 0 aliphatic heterocycles. The molecule has 34 heavy (non-hydrogen) atoms. The molecule has 9 nitrogen and oxygen atoms in total. The summed E-state index contributed by atoms with van der Waals surface area (Å²) < 4.78 is 128. The Morgan fingerprint density at radius 3 is 1.76 bits per heavy atom. The van der Waals surface area contributed by atoms with Crippen LogP contribution >= 0.6 is 0 Å². The fourth-order valence-electron chi connectivity index (χ4n) is 2.33. The van der Waals surface area contributed by atoms with Crippen molar-refractivity contribution < 1.29 is 61.0 Å². The molecule has 1 heterocycles. The average molecular weight is 565 g/mol. The Morgan fingerprint density at radius 2 is 1.38 bits per heavy atom. The quantitative estimate of drug-likeness (QED) is 0.175. The summed E-state index contributed by atoms with van der Waals surface area (Å²) in [5.74, 6) is 0. The van der Waals surface area contributed by atoms with Gasteiger partial charge in [-0.3, -0.25) is 0 Å². The highest BCUT2D eigenvalue weighted by Gasteiger charge is 2.47. The highest BCUT2D eigenvalue weighted by molar-refractivity contribution is 8.13. The number of nitrogens with zero attached hydrogens (tertiary/aromatic N) is 2. The second-order valence-corrected chi connectivity index (χ2v) is 13.0. The minimum atomic E-state index is -6.72. The topological polar surface area (TPSA) is 114 Å². The van der Waals surface area contributed by atoms with Crippen LogP contribution < -0.4 is 4.57 Å². The van der Waals surface area contributed by atoms with Gasteiger partial charge in [0.15, 0.2) is 32.4 Å². The van der Waals surface area contributed by atoms with Gasteiger partial charge >= 0.3 is 19.8 Å². The van der Waals surface area contributed by atoms with E-state index in [0.717, 1.165) is 36.0 Å². The summed E-state index contributed by atoms with van der Waals surface area (Å²) in [4.78, 5) is 0. The molecule has 0 N–H and O–H groups in total. The van der Waals surface area contributed by atoms with Crippen molar-refractivity contribution in [3.63, 3.8) is 0 Å². The summed E-state index contributed by atoms with van der Waals surface area (Å²) in [7, 11) is -10.8. The van der Waals surface area contributed by atoms with Crippen molar-refractivity contribution in [2.45, 2.75) is 49.8 Å². The van der Waals surface area contributed by atoms with Gasteiger partial charge in [-0.25, -0.2) is 21.4 Å². The SMILES string of the molecule is CCc1ccc[n+](CCCC[Si](OC)(OC)OC)c1.O=S(=O)([N-]S(=O)(=O)C(F)(F)F)C(F)(F)F. The van der Waals surface area contributed by atoms with Crippen molar-refractivity contribution in [2.75, 3.05) is 21.3 Å². The number of alkyl halides is 6. The van der Waals surface area contributed by atoms with Gasteiger partial charge in [-0.05, 0) is 18.9 Å². The van der Waals surface area contributed by atoms with Crippen molar-refractivity contribution >= 4 is 28.9 Å². The first-order valence-electron chi connectivity index (χ1n) is 9.40. The largest absolute Gasteiger partial charge is 0.500 e. The molecule has 0 spiro atoms. The second kappa shape index (κ2) is 13.1. The van der Waals surface area contributed by atoms with Gasteiger partial charge in [-0.1, -0.05) is 6.92 Å². The molecule has 0 atom stereocenters. The van der Waals surface area contributed by atoms with Crippen LogP contribution in [0.25, 0.3) is 4.13 Å². The molecule has 0 unspecified atom stereocenters. The molecule has 18 heteroatoms. The maximum Gasteiger partial charge on any atom is 0.500 e. The third-order valence-corrected chi connectivity index (χ3v) is 9.76. The van der Waals surface area contributed by atoms with Crippen LogP contribution in [-0.2, 0) is 46.3 Å². The van der Waals surface area contributed by atoms with Gasteiger partial charge in [0.1, 0.15) is 6.54 Å². The Balaban J connectivity index is 0.000000661. The molecule has 0 bridgehead atoms. The van der Waals surface area contributed by atoms with Gasteiger partial charge in [0.25, 0.3) is 0 Å². The molecule has 200 valence electrons. The smallest absolute Gasteiger partial charge is 0.421 e. The zero-order valence-corrected chi connectivity index (χ0v) is 21.3. The highest BCUT2D eigenvalue weighted by Crippen LogP contribution is 2.36. The van der Waals surface area contributed by atoms with Gasteiger partial charge in [0.05, 0.1) is 0 Å². The average Bonchev–Trinajstić information content (AvgIpc) is 2.73. The molecule has 1 aromatic heterocycles. The van der Waals surface area contributed by atoms with Gasteiger partial charge < -0.3 is 17.4 Å². The van der Waals surface area contributed by atoms with Crippen molar-refractivity contribution in [1.82, 2.24) is 0 Å². The lowest BCUT2D eigenvalue weighted by molar-refractivity contribution is -0.697. The van der Waals surface area contributed by atoms with E-state index >= 15 is 0 Å². The van der Waals surface area contributed by atoms with Gasteiger partial charge in [0, 0.05) is 45.4 Å². The van der Waals surface area contributed by atoms with Crippen LogP contribution in [0, 0.1) is 0 Å². The van der Waals surface area contributed by atoms with E-state index in [4.69, 9.17) is 13.3 Å². The zero-order chi connectivity index (χ0) is 26.8. The van der Waals surface area contributed by atoms with Crippen LogP contribution in [0.4, 0.5) is 26.3 Å². The molecule has 0 aliphatic carbocycles. The predicted molar refractivity (Wildman–Crippen MR) is 110 cm³/mol. The van der Waals surface area contributed by atoms with E-state index in [1.54, 1.807) is 21.3 Å². The first kappa shape index (κ1) is 32.7. The fraction of sp³-hybridized carbons (Fsp3) is 0.688. The van der Waals surface area contributed by atoms with E-state index in [9.17, 15) is 43.2 Å². The zero-order valence-electron chi connectivity index (χ0n) is 18.7. The first-order chi connectivity index (χ1) is 15.4. The number of hydrogen-bond acceptors (Lipinski definition) is 7. The Kier molecular flexibility index (Phi) is 12.6. The Bertz CT molecular complexity index is 919. The lowest BCUT2D eigenvalue weighted by Gasteiger charge is -2.23. The van der Waals surface area contributed by atoms with Crippen molar-refractivity contribution in [2.24, 2.45) is 0 Å². The number of unbranched alkanes of at least 4 members (excludes halogenated alkanes) is 1. The standard InChI is InChI=1S/C14H26NO3Si.C2F6NO4S2/c1-5-14-9-8-11-15(13-14)10-6-7-12-19(16-2,17-3)18-4;3-1(4,5)14(10,11)9-15(12,13)2(6,7)8/h8-9,11,13H,5-7,10,12H2,1-4H3;/q+1;-1. The lowest BCUT2D eigenvalue weighted by Crippen LogP contribution is -2.42. The Morgan fingerprint density at radius 1 is 0.912 bits per heavy atom. The van der Waals surface area contributed by atoms with E-state index in [-0.39, 0.29) is 0 Å². The van der Waals surface area contributed by atoms with E-state index in [1.807, 2.05) is 0 Å². The molecule has 0 saturated carbocycles. The van der Waals surface area contributed by atoms with Crippen molar-refractivity contribution in [3.05, 3.63) is 34.2 Å². The normalized spacial score (nSPS) is 13.4. The molecule has 0 amide bonds. The Labute approximate surface area is 195 Å². The summed E-state index contributed by atoms with van der Waals surface area (Å²) in [6.45, 7) is 3.20. The first-order valence-corrected chi connectivity index (χ1v) is 14.2. The second-order valence-electron chi connectivity index (χ2n) is 6.47. The summed E-state index contributed by atoms with van der Waals surface area (Å²) in [5, 5.41) is 0. The number of sulfonamides is 2. The van der Waals surface area contributed by atoms with E-state index < -0.39 is 39.9 Å². The molecule has 1 rings (SSSR count). The number of halogens is 6. The summed E-state index contributed by atoms with van der Waals surface area (Å²) in [5.41, 5.74) is -11.0. The van der Waals surface area contributed by atoms with E-state index in [1.165, 1.54) is 5.56 Å². The number of hydrogen-bond donors (Lipinski definition) is 0. The van der Waals surface area contributed by atoms with Crippen LogP contribution in [0.1, 0.15) is 25.3 Å². The van der Waals surface area contributed by atoms with Crippen LogP contribution in [-0.4, -0.2) is 58.0 Å². The third kappa shape index (κ3) is 10.1. The molecular formula is C16H26F6N2O7S2Si. The van der Waals surface area contributed by atoms with Crippen LogP contribution in [0.3, 0.4) is 0 Å². The number of aromatic nitrogens is 1. The highest BCUT2D eigenvalue weighted by atomic mass is 32.3. The Hall–Kier alpha value is -1.31. The van der Waals surface area contributed by atoms with Gasteiger partial charge in [0.2, 0.25) is 0 Å². The molecule has 0 radical (unpaired) electrons. The maximum absolute atomic E-state index is 11.4. The fourth-order valence-corrected chi connectivity index (χ4v) is 5.84. The van der Waals surface area contributed by atoms with E-state index in [0.29, 0.717) is 0 Å². The number of aryl methyl sites for hydroxylation is 2. The summed E-state index contributed by atoms with van der Waals surface area (Å²) in [6.07, 6.45) is 7.56. The molecule has 0 saturated heterocycles. The number of pyridine rings is 1. The van der Waals surface area contributed by atoms with Crippen LogP contribution in [0.5, 0.6) is 0 Å². The number of rotatable bonds is 11. The monoisotopic (exact) mass is 564 g/mol. The molecule has 0 aliphatic rings. The summed E-state index contributed by atoms with van der Waals surface area (Å²) >= 11 is 0. The van der Waals surface area contributed by atoms with Gasteiger partial charge in [-0.2, -0.15) is 26.3 Å². The molecule has 0 fully saturated rings. The predicted octanol–water partition coefficient (Wildman–Crippen LogP) is 3.25. The third-order valence-electron chi connectivity index (χ3n) is 4.19. The maximum atomic E-state index is 11.4. The van der Waals surface area contributed by atoms with Gasteiger partial charge in [-0.15, -0.1) is 0 Å². The molecule has 0 aromatic carbocycles.